The number of benzene rings is 1. The van der Waals surface area contributed by atoms with Gasteiger partial charge in [0.15, 0.2) is 6.29 Å². The summed E-state index contributed by atoms with van der Waals surface area (Å²) >= 11 is 1.96. The van der Waals surface area contributed by atoms with Gasteiger partial charge in [-0.05, 0) is 37.8 Å². The van der Waals surface area contributed by atoms with Crippen LogP contribution in [0.25, 0.3) is 0 Å². The van der Waals surface area contributed by atoms with E-state index in [0.717, 1.165) is 12.0 Å². The maximum atomic E-state index is 5.49. The summed E-state index contributed by atoms with van der Waals surface area (Å²) in [4.78, 5) is 1.31. The molecule has 0 amide bonds. The average Bonchev–Trinajstić information content (AvgIpc) is 2.50. The normalized spacial score (nSPS) is 23.2. The predicted octanol–water partition coefficient (Wildman–Crippen LogP) is 4.03. The molecule has 4 heteroatoms. The van der Waals surface area contributed by atoms with Gasteiger partial charge in [-0.25, -0.2) is 0 Å². The highest BCUT2D eigenvalue weighted by Crippen LogP contribution is 2.35. The van der Waals surface area contributed by atoms with Crippen LogP contribution in [0.15, 0.2) is 29.2 Å². The van der Waals surface area contributed by atoms with Gasteiger partial charge in [0.25, 0.3) is 0 Å². The Morgan fingerprint density at radius 1 is 1.05 bits per heavy atom. The van der Waals surface area contributed by atoms with Gasteiger partial charge in [-0.15, -0.1) is 11.8 Å². The summed E-state index contributed by atoms with van der Waals surface area (Å²) in [6, 6.07) is 8.47. The minimum Gasteiger partial charge on any atom is -0.381 e. The van der Waals surface area contributed by atoms with Gasteiger partial charge in [0.2, 0.25) is 0 Å². The molecule has 2 unspecified atom stereocenters. The van der Waals surface area contributed by atoms with Crippen molar-refractivity contribution >= 4 is 11.8 Å². The van der Waals surface area contributed by atoms with Crippen molar-refractivity contribution in [2.75, 3.05) is 21.3 Å². The Morgan fingerprint density at radius 3 is 2.35 bits per heavy atom. The minimum atomic E-state index is -0.276. The van der Waals surface area contributed by atoms with Gasteiger partial charge in [-0.3, -0.25) is 0 Å². The molecule has 1 aliphatic rings. The van der Waals surface area contributed by atoms with Crippen LogP contribution >= 0.6 is 11.8 Å². The van der Waals surface area contributed by atoms with Crippen molar-refractivity contribution in [2.24, 2.45) is 0 Å². The van der Waals surface area contributed by atoms with Crippen LogP contribution < -0.4 is 0 Å². The molecule has 2 rings (SSSR count). The molecule has 3 nitrogen and oxygen atoms in total. The minimum absolute atomic E-state index is 0.276. The van der Waals surface area contributed by atoms with E-state index in [-0.39, 0.29) is 6.29 Å². The summed E-state index contributed by atoms with van der Waals surface area (Å²) in [7, 11) is 5.13. The number of hydrogen-bond donors (Lipinski definition) is 0. The molecule has 0 spiro atoms. The van der Waals surface area contributed by atoms with Crippen molar-refractivity contribution in [3.63, 3.8) is 0 Å². The maximum absolute atomic E-state index is 5.49. The molecule has 1 aliphatic carbocycles. The third kappa shape index (κ3) is 4.22. The van der Waals surface area contributed by atoms with Crippen LogP contribution in [-0.2, 0) is 14.2 Å². The number of methoxy groups -OCH3 is 3. The van der Waals surface area contributed by atoms with Gasteiger partial charge in [-0.1, -0.05) is 12.1 Å². The van der Waals surface area contributed by atoms with E-state index in [4.69, 9.17) is 14.2 Å². The molecule has 0 aliphatic heterocycles. The van der Waals surface area contributed by atoms with Crippen molar-refractivity contribution < 1.29 is 14.2 Å². The lowest BCUT2D eigenvalue weighted by molar-refractivity contribution is -0.106. The summed E-state index contributed by atoms with van der Waals surface area (Å²) in [5.41, 5.74) is 1.05. The lowest BCUT2D eigenvalue weighted by atomic mass is 9.97. The quantitative estimate of drug-likeness (QED) is 0.741. The van der Waals surface area contributed by atoms with E-state index in [2.05, 4.69) is 24.3 Å². The zero-order chi connectivity index (χ0) is 14.4. The van der Waals surface area contributed by atoms with Crippen LogP contribution in [0.5, 0.6) is 0 Å². The highest BCUT2D eigenvalue weighted by atomic mass is 32.2. The van der Waals surface area contributed by atoms with Gasteiger partial charge in [-0.2, -0.15) is 0 Å². The van der Waals surface area contributed by atoms with Crippen LogP contribution in [-0.4, -0.2) is 32.7 Å². The topological polar surface area (TPSA) is 27.7 Å². The average molecular weight is 296 g/mol. The number of rotatable bonds is 6. The van der Waals surface area contributed by atoms with E-state index in [1.807, 2.05) is 18.9 Å². The third-order valence-electron chi connectivity index (χ3n) is 3.79. The molecule has 0 aromatic heterocycles. The second-order valence-corrected chi connectivity index (χ2v) is 6.51. The summed E-state index contributed by atoms with van der Waals surface area (Å²) < 4.78 is 16.0. The maximum Gasteiger partial charge on any atom is 0.183 e. The smallest absolute Gasteiger partial charge is 0.183 e. The zero-order valence-electron chi connectivity index (χ0n) is 12.5. The SMILES string of the molecule is COC1CCCC(Sc2ccc(C(OC)OC)cc2)C1. The van der Waals surface area contributed by atoms with Crippen LogP contribution in [0, 0.1) is 0 Å². The van der Waals surface area contributed by atoms with E-state index in [1.54, 1.807) is 14.2 Å². The summed E-state index contributed by atoms with van der Waals surface area (Å²) in [6.07, 6.45) is 5.07. The molecular weight excluding hydrogens is 272 g/mol. The van der Waals surface area contributed by atoms with Crippen LogP contribution in [0.2, 0.25) is 0 Å². The highest BCUT2D eigenvalue weighted by molar-refractivity contribution is 8.00. The van der Waals surface area contributed by atoms with Gasteiger partial charge >= 0.3 is 0 Å². The van der Waals surface area contributed by atoms with Gasteiger partial charge in [0.05, 0.1) is 6.10 Å². The zero-order valence-corrected chi connectivity index (χ0v) is 13.3. The van der Waals surface area contributed by atoms with Crippen LogP contribution in [0.3, 0.4) is 0 Å². The standard InChI is InChI=1S/C16H24O3S/c1-17-13-5-4-6-15(11-13)20-14-9-7-12(8-10-14)16(18-2)19-3/h7-10,13,15-16H,4-6,11H2,1-3H3. The van der Waals surface area contributed by atoms with E-state index < -0.39 is 0 Å². The second kappa shape index (κ2) is 8.03. The molecular formula is C16H24O3S. The van der Waals surface area contributed by atoms with Gasteiger partial charge in [0, 0.05) is 37.0 Å². The Bertz CT molecular complexity index is 389. The molecule has 1 aromatic rings. The molecule has 0 saturated heterocycles. The summed E-state index contributed by atoms with van der Waals surface area (Å²) in [6.45, 7) is 0. The van der Waals surface area contributed by atoms with E-state index in [9.17, 15) is 0 Å². The fourth-order valence-corrected chi connectivity index (χ4v) is 3.96. The summed E-state index contributed by atoms with van der Waals surface area (Å²) in [5.74, 6) is 0. The fraction of sp³-hybridized carbons (Fsp3) is 0.625. The first kappa shape index (κ1) is 15.8. The first-order chi connectivity index (χ1) is 9.76. The Kier molecular flexibility index (Phi) is 6.36. The Morgan fingerprint density at radius 2 is 1.75 bits per heavy atom. The van der Waals surface area contributed by atoms with Crippen molar-refractivity contribution in [1.82, 2.24) is 0 Å². The number of ether oxygens (including phenoxy) is 3. The highest BCUT2D eigenvalue weighted by Gasteiger charge is 2.22. The Labute approximate surface area is 126 Å². The lowest BCUT2D eigenvalue weighted by Gasteiger charge is -2.27. The first-order valence-corrected chi connectivity index (χ1v) is 7.99. The van der Waals surface area contributed by atoms with Crippen molar-refractivity contribution in [3.05, 3.63) is 29.8 Å². The fourth-order valence-electron chi connectivity index (χ4n) is 2.69. The molecule has 0 radical (unpaired) electrons. The van der Waals surface area contributed by atoms with E-state index >= 15 is 0 Å². The molecule has 112 valence electrons. The Hall–Kier alpha value is -0.550. The third-order valence-corrected chi connectivity index (χ3v) is 5.10. The molecule has 1 aromatic carbocycles. The van der Waals surface area contributed by atoms with E-state index in [0.29, 0.717) is 11.4 Å². The summed E-state index contributed by atoms with van der Waals surface area (Å²) in [5, 5.41) is 0.667. The largest absolute Gasteiger partial charge is 0.381 e. The second-order valence-electron chi connectivity index (χ2n) is 5.14. The van der Waals surface area contributed by atoms with Gasteiger partial charge < -0.3 is 14.2 Å². The monoisotopic (exact) mass is 296 g/mol. The molecule has 1 fully saturated rings. The van der Waals surface area contributed by atoms with E-state index in [1.165, 1.54) is 24.2 Å². The molecule has 1 saturated carbocycles. The molecule has 0 heterocycles. The predicted molar refractivity (Wildman–Crippen MR) is 82.1 cm³/mol. The van der Waals surface area contributed by atoms with Crippen molar-refractivity contribution in [3.8, 4) is 0 Å². The number of thioether (sulfide) groups is 1. The van der Waals surface area contributed by atoms with Gasteiger partial charge in [0.1, 0.15) is 0 Å². The molecule has 0 bridgehead atoms. The number of hydrogen-bond acceptors (Lipinski definition) is 4. The van der Waals surface area contributed by atoms with Crippen LogP contribution in [0.4, 0.5) is 0 Å². The van der Waals surface area contributed by atoms with Crippen molar-refractivity contribution in [2.45, 2.75) is 48.2 Å². The first-order valence-electron chi connectivity index (χ1n) is 7.11. The molecule has 2 atom stereocenters. The molecule has 0 N–H and O–H groups in total. The van der Waals surface area contributed by atoms with Crippen molar-refractivity contribution in [1.29, 1.82) is 0 Å². The Balaban J connectivity index is 1.93. The molecule has 20 heavy (non-hydrogen) atoms. The van der Waals surface area contributed by atoms with Crippen LogP contribution in [0.1, 0.15) is 37.5 Å². The lowest BCUT2D eigenvalue weighted by Crippen LogP contribution is -2.23.